The number of carbonyl (C=O) groups is 2. The zero-order chi connectivity index (χ0) is 23.3. The maximum absolute atomic E-state index is 12.4. The molecular formula is C21H24N4O6. The lowest BCUT2D eigenvalue weighted by atomic mass is 9.93. The first kappa shape index (κ1) is 23.5. The van der Waals surface area contributed by atoms with Crippen LogP contribution in [0.15, 0.2) is 36.4 Å². The normalized spacial score (nSPS) is 11.0. The van der Waals surface area contributed by atoms with E-state index in [0.29, 0.717) is 22.3 Å². The van der Waals surface area contributed by atoms with Crippen molar-refractivity contribution in [1.29, 1.82) is 0 Å². The van der Waals surface area contributed by atoms with E-state index in [-0.39, 0.29) is 36.3 Å². The molecule has 31 heavy (non-hydrogen) atoms. The monoisotopic (exact) mass is 428 g/mol. The molecule has 0 heterocycles. The van der Waals surface area contributed by atoms with Crippen molar-refractivity contribution in [2.45, 2.75) is 27.7 Å². The summed E-state index contributed by atoms with van der Waals surface area (Å²) in [5, 5.41) is 27.3. The van der Waals surface area contributed by atoms with Gasteiger partial charge in [0.1, 0.15) is 0 Å². The van der Waals surface area contributed by atoms with Gasteiger partial charge < -0.3 is 10.6 Å². The van der Waals surface area contributed by atoms with E-state index in [1.165, 1.54) is 36.4 Å². The van der Waals surface area contributed by atoms with Crippen LogP contribution < -0.4 is 10.6 Å². The first-order chi connectivity index (χ1) is 14.4. The Morgan fingerprint density at radius 3 is 1.45 bits per heavy atom. The number of nitro benzene ring substituents is 2. The number of aryl methyl sites for hydroxylation is 2. The Balaban J connectivity index is 1.94. The molecule has 10 heteroatoms. The molecule has 2 aromatic carbocycles. The van der Waals surface area contributed by atoms with Crippen molar-refractivity contribution in [3.63, 3.8) is 0 Å². The molecule has 0 spiro atoms. The van der Waals surface area contributed by atoms with E-state index in [4.69, 9.17) is 0 Å². The number of nitrogens with zero attached hydrogens (tertiary/aromatic N) is 2. The molecule has 0 aromatic heterocycles. The fourth-order valence-electron chi connectivity index (χ4n) is 2.91. The third-order valence-electron chi connectivity index (χ3n) is 4.77. The van der Waals surface area contributed by atoms with Crippen molar-refractivity contribution < 1.29 is 19.4 Å². The summed E-state index contributed by atoms with van der Waals surface area (Å²) in [6, 6.07) is 8.29. The van der Waals surface area contributed by atoms with Crippen LogP contribution in [0.2, 0.25) is 0 Å². The Morgan fingerprint density at radius 1 is 0.806 bits per heavy atom. The largest absolute Gasteiger partial charge is 0.351 e. The number of nitro groups is 2. The van der Waals surface area contributed by atoms with Gasteiger partial charge in [0, 0.05) is 47.5 Å². The first-order valence-electron chi connectivity index (χ1n) is 9.48. The third-order valence-corrected chi connectivity index (χ3v) is 4.77. The maximum atomic E-state index is 12.4. The third kappa shape index (κ3) is 6.08. The highest BCUT2D eigenvalue weighted by Crippen LogP contribution is 2.20. The molecule has 0 fully saturated rings. The molecule has 2 rings (SSSR count). The SMILES string of the molecule is Cc1cc(C(=O)NCC(C)(C)CNC(=O)c2ccc([N+](=O)[O-])c(C)c2)ccc1[N+](=O)[O-]. The van der Waals surface area contributed by atoms with E-state index in [0.717, 1.165) is 0 Å². The average molecular weight is 428 g/mol. The number of benzene rings is 2. The Morgan fingerprint density at radius 2 is 1.16 bits per heavy atom. The summed E-state index contributed by atoms with van der Waals surface area (Å²) in [7, 11) is 0. The summed E-state index contributed by atoms with van der Waals surface area (Å²) in [5.41, 5.74) is 0.803. The van der Waals surface area contributed by atoms with Gasteiger partial charge in [-0.15, -0.1) is 0 Å². The molecule has 0 unspecified atom stereocenters. The van der Waals surface area contributed by atoms with Gasteiger partial charge in [-0.1, -0.05) is 13.8 Å². The minimum atomic E-state index is -0.505. The lowest BCUT2D eigenvalue weighted by Gasteiger charge is -2.25. The molecule has 0 aliphatic heterocycles. The maximum Gasteiger partial charge on any atom is 0.272 e. The predicted molar refractivity (Wildman–Crippen MR) is 114 cm³/mol. The topological polar surface area (TPSA) is 144 Å². The van der Waals surface area contributed by atoms with Gasteiger partial charge in [-0.3, -0.25) is 29.8 Å². The summed E-state index contributed by atoms with van der Waals surface area (Å²) in [4.78, 5) is 45.6. The van der Waals surface area contributed by atoms with Gasteiger partial charge in [-0.2, -0.15) is 0 Å². The molecule has 164 valence electrons. The van der Waals surface area contributed by atoms with Gasteiger partial charge in [0.2, 0.25) is 0 Å². The van der Waals surface area contributed by atoms with Gasteiger partial charge >= 0.3 is 0 Å². The van der Waals surface area contributed by atoms with Crippen LogP contribution in [0.1, 0.15) is 45.7 Å². The van der Waals surface area contributed by atoms with Crippen LogP contribution in [0.4, 0.5) is 11.4 Å². The van der Waals surface area contributed by atoms with Crippen molar-refractivity contribution in [1.82, 2.24) is 10.6 Å². The predicted octanol–water partition coefficient (Wildman–Crippen LogP) is 3.31. The van der Waals surface area contributed by atoms with Gasteiger partial charge in [0.05, 0.1) is 9.85 Å². The highest BCUT2D eigenvalue weighted by Gasteiger charge is 2.22. The van der Waals surface area contributed by atoms with Crippen molar-refractivity contribution >= 4 is 23.2 Å². The van der Waals surface area contributed by atoms with Gasteiger partial charge in [0.15, 0.2) is 0 Å². The summed E-state index contributed by atoms with van der Waals surface area (Å²) < 4.78 is 0. The fraction of sp³-hybridized carbons (Fsp3) is 0.333. The average Bonchev–Trinajstić information content (AvgIpc) is 2.69. The smallest absolute Gasteiger partial charge is 0.272 e. The number of hydrogen-bond donors (Lipinski definition) is 2. The zero-order valence-electron chi connectivity index (χ0n) is 17.7. The molecule has 2 aromatic rings. The molecule has 0 atom stereocenters. The Labute approximate surface area is 179 Å². The Hall–Kier alpha value is -3.82. The highest BCUT2D eigenvalue weighted by atomic mass is 16.6. The highest BCUT2D eigenvalue weighted by molar-refractivity contribution is 5.95. The standard InChI is InChI=1S/C21H24N4O6/c1-13-9-15(5-7-17(13)24(28)29)19(26)22-11-21(3,4)12-23-20(27)16-6-8-18(25(30)31)14(2)10-16/h5-10H,11-12H2,1-4H3,(H,22,26)(H,23,27). The lowest BCUT2D eigenvalue weighted by Crippen LogP contribution is -2.42. The van der Waals surface area contributed by atoms with Gasteiger partial charge in [-0.05, 0) is 43.5 Å². The minimum Gasteiger partial charge on any atom is -0.351 e. The quantitative estimate of drug-likeness (QED) is 0.487. The number of nitrogens with one attached hydrogen (secondary N) is 2. The van der Waals surface area contributed by atoms with E-state index < -0.39 is 15.3 Å². The zero-order valence-corrected chi connectivity index (χ0v) is 17.7. The number of amides is 2. The molecular weight excluding hydrogens is 404 g/mol. The summed E-state index contributed by atoms with van der Waals surface area (Å²) in [6.07, 6.45) is 0. The summed E-state index contributed by atoms with van der Waals surface area (Å²) >= 11 is 0. The van der Waals surface area contributed by atoms with E-state index in [1.807, 2.05) is 13.8 Å². The summed E-state index contributed by atoms with van der Waals surface area (Å²) in [5.74, 6) is -0.744. The minimum absolute atomic E-state index is 0.0546. The van der Waals surface area contributed by atoms with Crippen molar-refractivity contribution in [2.75, 3.05) is 13.1 Å². The van der Waals surface area contributed by atoms with Crippen molar-refractivity contribution in [3.8, 4) is 0 Å². The fourth-order valence-corrected chi connectivity index (χ4v) is 2.91. The number of hydrogen-bond acceptors (Lipinski definition) is 6. The lowest BCUT2D eigenvalue weighted by molar-refractivity contribution is -0.385. The second-order valence-electron chi connectivity index (χ2n) is 8.05. The first-order valence-corrected chi connectivity index (χ1v) is 9.48. The molecule has 0 aliphatic carbocycles. The molecule has 10 nitrogen and oxygen atoms in total. The Bertz CT molecular complexity index is 967. The molecule has 0 saturated carbocycles. The van der Waals surface area contributed by atoms with Crippen LogP contribution in [0.25, 0.3) is 0 Å². The van der Waals surface area contributed by atoms with E-state index >= 15 is 0 Å². The summed E-state index contributed by atoms with van der Waals surface area (Å²) in [6.45, 7) is 7.34. The van der Waals surface area contributed by atoms with Crippen LogP contribution in [-0.4, -0.2) is 34.8 Å². The molecule has 0 radical (unpaired) electrons. The van der Waals surface area contributed by atoms with E-state index in [9.17, 15) is 29.8 Å². The van der Waals surface area contributed by atoms with Crippen LogP contribution in [0.3, 0.4) is 0 Å². The van der Waals surface area contributed by atoms with Crippen molar-refractivity contribution in [2.24, 2.45) is 5.41 Å². The second kappa shape index (κ2) is 9.33. The van der Waals surface area contributed by atoms with E-state index in [1.54, 1.807) is 13.8 Å². The van der Waals surface area contributed by atoms with Crippen molar-refractivity contribution in [3.05, 3.63) is 78.9 Å². The molecule has 0 saturated heterocycles. The second-order valence-corrected chi connectivity index (χ2v) is 8.05. The molecule has 0 aliphatic rings. The number of carbonyl (C=O) groups excluding carboxylic acids is 2. The van der Waals surface area contributed by atoms with Gasteiger partial charge in [-0.25, -0.2) is 0 Å². The van der Waals surface area contributed by atoms with E-state index in [2.05, 4.69) is 10.6 Å². The van der Waals surface area contributed by atoms with Crippen LogP contribution >= 0.6 is 0 Å². The number of rotatable bonds is 8. The molecule has 0 bridgehead atoms. The molecule has 2 amide bonds. The van der Waals surface area contributed by atoms with Gasteiger partial charge in [0.25, 0.3) is 23.2 Å². The molecule has 2 N–H and O–H groups in total. The Kier molecular flexibility index (Phi) is 7.06. The van der Waals surface area contributed by atoms with Crippen LogP contribution in [-0.2, 0) is 0 Å². The van der Waals surface area contributed by atoms with Crippen LogP contribution in [0, 0.1) is 39.5 Å². The van der Waals surface area contributed by atoms with Crippen LogP contribution in [0.5, 0.6) is 0 Å².